The van der Waals surface area contributed by atoms with Crippen LogP contribution in [0, 0.1) is 18.3 Å². The number of hydrogen-bond acceptors (Lipinski definition) is 4. The van der Waals surface area contributed by atoms with Gasteiger partial charge in [0.2, 0.25) is 0 Å². The summed E-state index contributed by atoms with van der Waals surface area (Å²) < 4.78 is 5.50. The van der Waals surface area contributed by atoms with Gasteiger partial charge in [-0.05, 0) is 31.2 Å². The Bertz CT molecular complexity index is 554. The van der Waals surface area contributed by atoms with Crippen molar-refractivity contribution in [2.75, 3.05) is 11.9 Å². The molecule has 17 heavy (non-hydrogen) atoms. The van der Waals surface area contributed by atoms with Crippen molar-refractivity contribution in [3.8, 4) is 6.07 Å². The van der Waals surface area contributed by atoms with Crippen molar-refractivity contribution in [2.24, 2.45) is 0 Å². The highest BCUT2D eigenvalue weighted by Crippen LogP contribution is 2.17. The van der Waals surface area contributed by atoms with E-state index in [9.17, 15) is 0 Å². The molecule has 0 saturated carbocycles. The zero-order valence-electron chi connectivity index (χ0n) is 9.84. The predicted molar refractivity (Wildman–Crippen MR) is 64.5 cm³/mol. The first-order valence-electron chi connectivity index (χ1n) is 5.32. The van der Waals surface area contributed by atoms with Gasteiger partial charge < -0.3 is 9.32 Å². The molecule has 0 radical (unpaired) electrons. The highest BCUT2D eigenvalue weighted by Gasteiger charge is 2.10. The van der Waals surface area contributed by atoms with E-state index in [0.717, 1.165) is 11.5 Å². The van der Waals surface area contributed by atoms with Gasteiger partial charge in [0, 0.05) is 13.2 Å². The zero-order chi connectivity index (χ0) is 12.3. The van der Waals surface area contributed by atoms with Crippen molar-refractivity contribution >= 4 is 5.82 Å². The van der Waals surface area contributed by atoms with Gasteiger partial charge in [0.15, 0.2) is 0 Å². The number of hydrogen-bond donors (Lipinski definition) is 0. The fraction of sp³-hybridized carbons (Fsp3) is 0.231. The van der Waals surface area contributed by atoms with Gasteiger partial charge in [-0.15, -0.1) is 0 Å². The summed E-state index contributed by atoms with van der Waals surface area (Å²) in [5.41, 5.74) is 0.568. The Labute approximate surface area is 100 Å². The number of anilines is 1. The lowest BCUT2D eigenvalue weighted by atomic mass is 10.2. The Morgan fingerprint density at radius 2 is 2.24 bits per heavy atom. The number of furan rings is 1. The summed E-state index contributed by atoms with van der Waals surface area (Å²) in [5, 5.41) is 9.00. The maximum atomic E-state index is 9.00. The minimum absolute atomic E-state index is 0.568. The molecule has 0 saturated heterocycles. The second-order valence-corrected chi connectivity index (χ2v) is 3.85. The summed E-state index contributed by atoms with van der Waals surface area (Å²) in [7, 11) is 1.89. The molecular weight excluding hydrogens is 214 g/mol. The molecule has 0 amide bonds. The van der Waals surface area contributed by atoms with Crippen LogP contribution in [0.1, 0.15) is 17.1 Å². The standard InChI is InChI=1S/C13H13N3O/c1-10-5-6-12(17-10)9-16(2)13-11(8-14)4-3-7-15-13/h3-7H,9H2,1-2H3. The monoisotopic (exact) mass is 227 g/mol. The van der Waals surface area contributed by atoms with Crippen LogP contribution in [0.2, 0.25) is 0 Å². The summed E-state index contributed by atoms with van der Waals surface area (Å²) in [6.45, 7) is 2.50. The van der Waals surface area contributed by atoms with E-state index in [1.54, 1.807) is 18.3 Å². The van der Waals surface area contributed by atoms with E-state index in [4.69, 9.17) is 9.68 Å². The third-order valence-corrected chi connectivity index (χ3v) is 2.46. The molecule has 0 N–H and O–H groups in total. The topological polar surface area (TPSA) is 53.1 Å². The molecule has 0 aliphatic heterocycles. The minimum Gasteiger partial charge on any atom is -0.464 e. The largest absolute Gasteiger partial charge is 0.464 e. The van der Waals surface area contributed by atoms with Gasteiger partial charge in [0.05, 0.1) is 12.1 Å². The molecule has 0 atom stereocenters. The number of aromatic nitrogens is 1. The Morgan fingerprint density at radius 1 is 1.41 bits per heavy atom. The maximum Gasteiger partial charge on any atom is 0.146 e. The average molecular weight is 227 g/mol. The van der Waals surface area contributed by atoms with Crippen LogP contribution in [0.15, 0.2) is 34.9 Å². The molecule has 0 spiro atoms. The van der Waals surface area contributed by atoms with Crippen LogP contribution < -0.4 is 4.90 Å². The molecule has 4 heteroatoms. The van der Waals surface area contributed by atoms with Gasteiger partial charge in [-0.3, -0.25) is 0 Å². The number of pyridine rings is 1. The molecule has 4 nitrogen and oxygen atoms in total. The second-order valence-electron chi connectivity index (χ2n) is 3.85. The van der Waals surface area contributed by atoms with Crippen molar-refractivity contribution in [3.05, 3.63) is 47.5 Å². The van der Waals surface area contributed by atoms with Crippen LogP contribution in [0.5, 0.6) is 0 Å². The summed E-state index contributed by atoms with van der Waals surface area (Å²) in [5.74, 6) is 2.42. The zero-order valence-corrected chi connectivity index (χ0v) is 9.84. The molecule has 0 bridgehead atoms. The van der Waals surface area contributed by atoms with Crippen molar-refractivity contribution in [1.82, 2.24) is 4.98 Å². The average Bonchev–Trinajstić information content (AvgIpc) is 2.74. The highest BCUT2D eigenvalue weighted by molar-refractivity contribution is 5.52. The third-order valence-electron chi connectivity index (χ3n) is 2.46. The van der Waals surface area contributed by atoms with Crippen LogP contribution >= 0.6 is 0 Å². The van der Waals surface area contributed by atoms with E-state index in [-0.39, 0.29) is 0 Å². The van der Waals surface area contributed by atoms with E-state index in [1.807, 2.05) is 31.0 Å². The van der Waals surface area contributed by atoms with Crippen LogP contribution in [0.3, 0.4) is 0 Å². The Hall–Kier alpha value is -2.28. The van der Waals surface area contributed by atoms with Crippen LogP contribution in [0.4, 0.5) is 5.82 Å². The van der Waals surface area contributed by atoms with E-state index in [1.165, 1.54) is 0 Å². The fourth-order valence-corrected chi connectivity index (χ4v) is 1.67. The molecule has 0 aromatic carbocycles. The number of aryl methyl sites for hydroxylation is 1. The first-order valence-corrected chi connectivity index (χ1v) is 5.32. The molecular formula is C13H13N3O. The van der Waals surface area contributed by atoms with E-state index in [2.05, 4.69) is 11.1 Å². The lowest BCUT2D eigenvalue weighted by molar-refractivity contribution is 0.481. The number of nitriles is 1. The molecule has 86 valence electrons. The molecule has 0 aliphatic rings. The molecule has 2 rings (SSSR count). The fourth-order valence-electron chi connectivity index (χ4n) is 1.67. The molecule has 0 unspecified atom stereocenters. The van der Waals surface area contributed by atoms with Gasteiger partial charge in [-0.25, -0.2) is 4.98 Å². The SMILES string of the molecule is Cc1ccc(CN(C)c2ncccc2C#N)o1. The minimum atomic E-state index is 0.568. The highest BCUT2D eigenvalue weighted by atomic mass is 16.3. The smallest absolute Gasteiger partial charge is 0.146 e. The van der Waals surface area contributed by atoms with Crippen LogP contribution in [-0.4, -0.2) is 12.0 Å². The van der Waals surface area contributed by atoms with Crippen molar-refractivity contribution in [2.45, 2.75) is 13.5 Å². The first-order chi connectivity index (χ1) is 8.20. The van der Waals surface area contributed by atoms with Gasteiger partial charge >= 0.3 is 0 Å². The van der Waals surface area contributed by atoms with E-state index >= 15 is 0 Å². The molecule has 0 fully saturated rings. The number of rotatable bonds is 3. The van der Waals surface area contributed by atoms with Gasteiger partial charge in [-0.1, -0.05) is 0 Å². The predicted octanol–water partition coefficient (Wildman–Crippen LogP) is 2.49. The normalized spacial score (nSPS) is 9.94. The Kier molecular flexibility index (Phi) is 3.10. The maximum absolute atomic E-state index is 9.00. The molecule has 2 heterocycles. The quantitative estimate of drug-likeness (QED) is 0.808. The molecule has 2 aromatic heterocycles. The lowest BCUT2D eigenvalue weighted by Gasteiger charge is -2.17. The van der Waals surface area contributed by atoms with Crippen molar-refractivity contribution < 1.29 is 4.42 Å². The third kappa shape index (κ3) is 2.45. The summed E-state index contributed by atoms with van der Waals surface area (Å²) in [6, 6.07) is 9.50. The summed E-state index contributed by atoms with van der Waals surface area (Å²) in [4.78, 5) is 6.11. The second kappa shape index (κ2) is 4.71. The van der Waals surface area contributed by atoms with Crippen molar-refractivity contribution in [3.63, 3.8) is 0 Å². The molecule has 2 aromatic rings. The summed E-state index contributed by atoms with van der Waals surface area (Å²) in [6.07, 6.45) is 1.68. The Balaban J connectivity index is 2.20. The first kappa shape index (κ1) is 11.2. The van der Waals surface area contributed by atoms with Crippen LogP contribution in [-0.2, 0) is 6.54 Å². The van der Waals surface area contributed by atoms with E-state index < -0.39 is 0 Å². The molecule has 0 aliphatic carbocycles. The van der Waals surface area contributed by atoms with Crippen LogP contribution in [0.25, 0.3) is 0 Å². The summed E-state index contributed by atoms with van der Waals surface area (Å²) >= 11 is 0. The van der Waals surface area contributed by atoms with Gasteiger partial charge in [0.1, 0.15) is 23.4 Å². The Morgan fingerprint density at radius 3 is 2.88 bits per heavy atom. The van der Waals surface area contributed by atoms with Gasteiger partial charge in [0.25, 0.3) is 0 Å². The van der Waals surface area contributed by atoms with E-state index in [0.29, 0.717) is 17.9 Å². The number of nitrogens with zero attached hydrogens (tertiary/aromatic N) is 3. The lowest BCUT2D eigenvalue weighted by Crippen LogP contribution is -2.18. The van der Waals surface area contributed by atoms with Gasteiger partial charge in [-0.2, -0.15) is 5.26 Å². The van der Waals surface area contributed by atoms with Crippen molar-refractivity contribution in [1.29, 1.82) is 5.26 Å².